The number of hydrogen-bond donors (Lipinski definition) is 1. The molecule has 144 valence electrons. The molecule has 1 aromatic rings. The molecule has 2 aliphatic heterocycles. The Balaban J connectivity index is 0.00000243. The molecule has 0 aliphatic carbocycles. The third-order valence-corrected chi connectivity index (χ3v) is 5.35. The van der Waals surface area contributed by atoms with E-state index in [9.17, 15) is 9.59 Å². The van der Waals surface area contributed by atoms with Gasteiger partial charge in [0, 0.05) is 44.5 Å². The lowest BCUT2D eigenvalue weighted by Crippen LogP contribution is -2.58. The third kappa shape index (κ3) is 4.68. The van der Waals surface area contributed by atoms with Crippen LogP contribution in [-0.4, -0.2) is 67.0 Å². The van der Waals surface area contributed by atoms with Gasteiger partial charge in [0.05, 0.1) is 5.92 Å². The molecule has 0 radical (unpaired) electrons. The van der Waals surface area contributed by atoms with E-state index >= 15 is 0 Å². The lowest BCUT2D eigenvalue weighted by molar-refractivity contribution is -0.134. The van der Waals surface area contributed by atoms with Gasteiger partial charge in [-0.2, -0.15) is 0 Å². The summed E-state index contributed by atoms with van der Waals surface area (Å²) in [6.07, 6.45) is 0.825. The summed E-state index contributed by atoms with van der Waals surface area (Å²) in [7, 11) is 0. The number of amides is 3. The maximum Gasteiger partial charge on any atom is 0.324 e. The smallest absolute Gasteiger partial charge is 0.324 e. The number of urea groups is 1. The van der Waals surface area contributed by atoms with Crippen molar-refractivity contribution < 1.29 is 9.59 Å². The summed E-state index contributed by atoms with van der Waals surface area (Å²) < 4.78 is 0. The maximum atomic E-state index is 12.3. The number of anilines is 1. The van der Waals surface area contributed by atoms with Gasteiger partial charge in [0.25, 0.3) is 0 Å². The molecule has 1 N–H and O–H groups in total. The fourth-order valence-electron chi connectivity index (χ4n) is 3.49. The van der Waals surface area contributed by atoms with E-state index in [4.69, 9.17) is 0 Å². The molecule has 1 aromatic carbocycles. The van der Waals surface area contributed by atoms with Crippen LogP contribution in [0.4, 0.5) is 10.5 Å². The van der Waals surface area contributed by atoms with Crippen molar-refractivity contribution in [2.24, 2.45) is 5.92 Å². The van der Waals surface area contributed by atoms with Gasteiger partial charge in [-0.15, -0.1) is 12.4 Å². The minimum atomic E-state index is -0.246. The molecule has 2 atom stereocenters. The predicted octanol–water partition coefficient (Wildman–Crippen LogP) is 2.20. The second-order valence-electron chi connectivity index (χ2n) is 7.03. The predicted molar refractivity (Wildman–Crippen MR) is 106 cm³/mol. The summed E-state index contributed by atoms with van der Waals surface area (Å²) >= 11 is 0. The van der Waals surface area contributed by atoms with E-state index in [-0.39, 0.29) is 36.3 Å². The number of carbonyl (C=O) groups is 2. The zero-order valence-corrected chi connectivity index (χ0v) is 16.4. The molecule has 0 aromatic heterocycles. The second kappa shape index (κ2) is 9.24. The molecule has 3 rings (SSSR count). The fraction of sp³-hybridized carbons (Fsp3) is 0.579. The van der Waals surface area contributed by atoms with Crippen LogP contribution in [0.3, 0.4) is 0 Å². The van der Waals surface area contributed by atoms with E-state index < -0.39 is 0 Å². The average Bonchev–Trinajstić information content (AvgIpc) is 2.64. The van der Waals surface area contributed by atoms with Gasteiger partial charge >= 0.3 is 6.03 Å². The number of rotatable bonds is 5. The fourth-order valence-corrected chi connectivity index (χ4v) is 3.49. The number of carbonyl (C=O) groups excluding carboxylic acids is 2. The monoisotopic (exact) mass is 380 g/mol. The Morgan fingerprint density at radius 2 is 1.65 bits per heavy atom. The van der Waals surface area contributed by atoms with E-state index in [0.29, 0.717) is 6.54 Å². The number of hydrogen-bond acceptors (Lipinski definition) is 4. The maximum absolute atomic E-state index is 12.3. The van der Waals surface area contributed by atoms with Crippen molar-refractivity contribution in [1.82, 2.24) is 15.1 Å². The number of halogens is 1. The first-order valence-electron chi connectivity index (χ1n) is 9.20. The van der Waals surface area contributed by atoms with Crippen LogP contribution in [-0.2, 0) is 4.79 Å². The van der Waals surface area contributed by atoms with E-state index in [0.717, 1.165) is 39.1 Å². The van der Waals surface area contributed by atoms with Crippen molar-refractivity contribution in [3.05, 3.63) is 30.3 Å². The first kappa shape index (κ1) is 20.5. The minimum absolute atomic E-state index is 0. The molecule has 2 saturated heterocycles. The molecule has 7 heteroatoms. The number of nitrogens with one attached hydrogen (secondary N) is 1. The van der Waals surface area contributed by atoms with Gasteiger partial charge in [-0.25, -0.2) is 4.79 Å². The number of nitrogens with zero attached hydrogens (tertiary/aromatic N) is 3. The van der Waals surface area contributed by atoms with Crippen molar-refractivity contribution in [2.75, 3.05) is 44.2 Å². The first-order chi connectivity index (χ1) is 12.1. The Labute approximate surface area is 161 Å². The van der Waals surface area contributed by atoms with Gasteiger partial charge in [0.15, 0.2) is 0 Å². The molecular weight excluding hydrogens is 352 g/mol. The van der Waals surface area contributed by atoms with Gasteiger partial charge in [-0.3, -0.25) is 14.6 Å². The Kier molecular flexibility index (Phi) is 7.29. The van der Waals surface area contributed by atoms with E-state index in [2.05, 4.69) is 39.4 Å². The van der Waals surface area contributed by atoms with Crippen molar-refractivity contribution in [1.29, 1.82) is 0 Å². The molecule has 0 spiro atoms. The number of piperazine rings is 1. The topological polar surface area (TPSA) is 55.9 Å². The molecule has 26 heavy (non-hydrogen) atoms. The second-order valence-corrected chi connectivity index (χ2v) is 7.03. The first-order valence-corrected chi connectivity index (χ1v) is 9.20. The van der Waals surface area contributed by atoms with Crippen LogP contribution < -0.4 is 10.2 Å². The molecule has 0 saturated carbocycles. The summed E-state index contributed by atoms with van der Waals surface area (Å²) in [5.41, 5.74) is 1.28. The zero-order valence-electron chi connectivity index (χ0n) is 15.6. The molecule has 2 heterocycles. The van der Waals surface area contributed by atoms with E-state index in [1.54, 1.807) is 0 Å². The van der Waals surface area contributed by atoms with Crippen molar-refractivity contribution in [3.63, 3.8) is 0 Å². The number of imide groups is 1. The lowest BCUT2D eigenvalue weighted by atomic mass is 10.00. The SMILES string of the molecule is CC1NC(=O)N(CCCN2CCN(c3ccccc3)CC2)C(=O)C1C.Cl. The average molecular weight is 381 g/mol. The quantitative estimate of drug-likeness (QED) is 0.850. The van der Waals surface area contributed by atoms with Crippen molar-refractivity contribution in [3.8, 4) is 0 Å². The Morgan fingerprint density at radius 1 is 1.00 bits per heavy atom. The van der Waals surface area contributed by atoms with Gasteiger partial charge in [-0.1, -0.05) is 25.1 Å². The van der Waals surface area contributed by atoms with Gasteiger partial charge in [0.2, 0.25) is 5.91 Å². The van der Waals surface area contributed by atoms with Crippen LogP contribution in [0, 0.1) is 5.92 Å². The van der Waals surface area contributed by atoms with Crippen molar-refractivity contribution >= 4 is 30.0 Å². The summed E-state index contributed by atoms with van der Waals surface area (Å²) in [5.74, 6) is -0.197. The summed E-state index contributed by atoms with van der Waals surface area (Å²) in [6, 6.07) is 10.2. The molecule has 2 fully saturated rings. The van der Waals surface area contributed by atoms with Crippen LogP contribution >= 0.6 is 12.4 Å². The highest BCUT2D eigenvalue weighted by atomic mass is 35.5. The molecular formula is C19H29ClN4O2. The molecule has 6 nitrogen and oxygen atoms in total. The highest BCUT2D eigenvalue weighted by molar-refractivity contribution is 5.98. The Bertz CT molecular complexity index is 605. The molecule has 3 amide bonds. The number of para-hydroxylation sites is 1. The normalized spacial score (nSPS) is 24.2. The van der Waals surface area contributed by atoms with Gasteiger partial charge in [-0.05, 0) is 32.0 Å². The van der Waals surface area contributed by atoms with E-state index in [1.807, 2.05) is 19.9 Å². The lowest BCUT2D eigenvalue weighted by Gasteiger charge is -2.37. The van der Waals surface area contributed by atoms with Gasteiger partial charge in [0.1, 0.15) is 0 Å². The molecule has 2 unspecified atom stereocenters. The summed E-state index contributed by atoms with van der Waals surface area (Å²) in [4.78, 5) is 30.5. The van der Waals surface area contributed by atoms with Crippen LogP contribution in [0.25, 0.3) is 0 Å². The highest BCUT2D eigenvalue weighted by Crippen LogP contribution is 2.17. The Hall–Kier alpha value is -1.79. The van der Waals surface area contributed by atoms with Crippen LogP contribution in [0.5, 0.6) is 0 Å². The zero-order chi connectivity index (χ0) is 17.8. The Morgan fingerprint density at radius 3 is 2.31 bits per heavy atom. The molecule has 0 bridgehead atoms. The molecule has 2 aliphatic rings. The third-order valence-electron chi connectivity index (χ3n) is 5.35. The largest absolute Gasteiger partial charge is 0.369 e. The minimum Gasteiger partial charge on any atom is -0.369 e. The van der Waals surface area contributed by atoms with Crippen molar-refractivity contribution in [2.45, 2.75) is 26.3 Å². The highest BCUT2D eigenvalue weighted by Gasteiger charge is 2.35. The summed E-state index contributed by atoms with van der Waals surface area (Å²) in [5, 5.41) is 2.87. The standard InChI is InChI=1S/C19H28N4O2.ClH/c1-15-16(2)20-19(25)23(18(15)24)10-6-9-21-11-13-22(14-12-21)17-7-4-3-5-8-17;/h3-5,7-8,15-16H,6,9-14H2,1-2H3,(H,20,25);1H. The van der Waals surface area contributed by atoms with Crippen LogP contribution in [0.1, 0.15) is 20.3 Å². The van der Waals surface area contributed by atoms with E-state index in [1.165, 1.54) is 10.6 Å². The van der Waals surface area contributed by atoms with Crippen LogP contribution in [0.2, 0.25) is 0 Å². The summed E-state index contributed by atoms with van der Waals surface area (Å²) in [6.45, 7) is 9.24. The number of benzene rings is 1. The van der Waals surface area contributed by atoms with Crippen LogP contribution in [0.15, 0.2) is 30.3 Å². The van der Waals surface area contributed by atoms with Gasteiger partial charge < -0.3 is 10.2 Å².